The van der Waals surface area contributed by atoms with Gasteiger partial charge in [0, 0.05) is 24.3 Å². The highest BCUT2D eigenvalue weighted by Gasteiger charge is 2.18. The van der Waals surface area contributed by atoms with Gasteiger partial charge < -0.3 is 0 Å². The fraction of sp³-hybridized carbons (Fsp3) is 0.294. The number of aryl methyl sites for hydroxylation is 1. The summed E-state index contributed by atoms with van der Waals surface area (Å²) in [5.74, 6) is 0. The van der Waals surface area contributed by atoms with Gasteiger partial charge in [-0.25, -0.2) is 0 Å². The Bertz CT molecular complexity index is 820. The lowest BCUT2D eigenvalue weighted by Gasteiger charge is -2.21. The van der Waals surface area contributed by atoms with Gasteiger partial charge in [0.25, 0.3) is 0 Å². The lowest BCUT2D eigenvalue weighted by Crippen LogP contribution is -2.12. The maximum Gasteiger partial charge on any atom is 0.0387 e. The lowest BCUT2D eigenvalue weighted by atomic mass is 9.83. The highest BCUT2D eigenvalue weighted by molar-refractivity contribution is 7.26. The van der Waals surface area contributed by atoms with E-state index in [0.29, 0.717) is 5.56 Å². The molecule has 0 saturated carbocycles. The summed E-state index contributed by atoms with van der Waals surface area (Å²) in [6, 6.07) is 12.2. The zero-order chi connectivity index (χ0) is 15.4. The topological polar surface area (TPSA) is 0 Å². The van der Waals surface area contributed by atoms with Crippen LogP contribution in [-0.4, -0.2) is 0 Å². The SMILES string of the molecule is [2H]C([2H])([2H])c1c(C(C)(C)C)ccc2c1sc1ccccc12. The van der Waals surface area contributed by atoms with Crippen molar-refractivity contribution in [2.24, 2.45) is 0 Å². The molecule has 0 aliphatic rings. The van der Waals surface area contributed by atoms with E-state index in [0.717, 1.165) is 25.7 Å². The van der Waals surface area contributed by atoms with Gasteiger partial charge in [-0.15, -0.1) is 11.3 Å². The molecule has 1 heterocycles. The van der Waals surface area contributed by atoms with E-state index in [9.17, 15) is 0 Å². The largest absolute Gasteiger partial charge is 0.135 e. The van der Waals surface area contributed by atoms with Crippen molar-refractivity contribution in [2.45, 2.75) is 33.0 Å². The molecule has 0 unspecified atom stereocenters. The molecule has 2 aromatic carbocycles. The predicted octanol–water partition coefficient (Wildman–Crippen LogP) is 5.66. The number of thiophene rings is 1. The molecule has 0 nitrogen and oxygen atoms in total. The number of fused-ring (bicyclic) bond motifs is 3. The minimum absolute atomic E-state index is 0.186. The number of hydrogen-bond donors (Lipinski definition) is 0. The van der Waals surface area contributed by atoms with E-state index < -0.39 is 6.85 Å². The van der Waals surface area contributed by atoms with Crippen LogP contribution in [0, 0.1) is 6.85 Å². The molecule has 92 valence electrons. The van der Waals surface area contributed by atoms with Gasteiger partial charge in [-0.1, -0.05) is 51.1 Å². The smallest absolute Gasteiger partial charge is 0.0387 e. The van der Waals surface area contributed by atoms with Crippen LogP contribution in [0.1, 0.15) is 36.0 Å². The van der Waals surface area contributed by atoms with Gasteiger partial charge in [0.2, 0.25) is 0 Å². The van der Waals surface area contributed by atoms with Crippen LogP contribution >= 0.6 is 11.3 Å². The van der Waals surface area contributed by atoms with Crippen molar-refractivity contribution in [3.8, 4) is 0 Å². The van der Waals surface area contributed by atoms with Crippen LogP contribution in [0.2, 0.25) is 0 Å². The predicted molar refractivity (Wildman–Crippen MR) is 82.8 cm³/mol. The van der Waals surface area contributed by atoms with Crippen molar-refractivity contribution in [1.82, 2.24) is 0 Å². The lowest BCUT2D eigenvalue weighted by molar-refractivity contribution is 0.587. The second kappa shape index (κ2) is 3.83. The molecule has 0 N–H and O–H groups in total. The first-order valence-corrected chi connectivity index (χ1v) is 6.96. The van der Waals surface area contributed by atoms with Gasteiger partial charge in [-0.05, 0) is 29.5 Å². The Hall–Kier alpha value is -1.34. The highest BCUT2D eigenvalue weighted by Crippen LogP contribution is 2.39. The van der Waals surface area contributed by atoms with Crippen molar-refractivity contribution in [3.63, 3.8) is 0 Å². The molecule has 1 heteroatoms. The molecular formula is C17H18S. The second-order valence-electron chi connectivity index (χ2n) is 5.71. The van der Waals surface area contributed by atoms with E-state index in [1.807, 2.05) is 18.2 Å². The molecule has 1 aromatic heterocycles. The van der Waals surface area contributed by atoms with E-state index in [-0.39, 0.29) is 5.41 Å². The Balaban J connectivity index is 2.50. The highest BCUT2D eigenvalue weighted by atomic mass is 32.1. The quantitative estimate of drug-likeness (QED) is 0.487. The molecule has 0 bridgehead atoms. The Morgan fingerprint density at radius 3 is 2.50 bits per heavy atom. The van der Waals surface area contributed by atoms with E-state index in [4.69, 9.17) is 4.11 Å². The van der Waals surface area contributed by atoms with Gasteiger partial charge in [0.15, 0.2) is 0 Å². The van der Waals surface area contributed by atoms with Crippen molar-refractivity contribution in [3.05, 3.63) is 47.5 Å². The second-order valence-corrected chi connectivity index (χ2v) is 6.77. The maximum absolute atomic E-state index is 7.99. The molecule has 18 heavy (non-hydrogen) atoms. The molecule has 0 radical (unpaired) electrons. The number of benzene rings is 2. The normalized spacial score (nSPS) is 15.6. The van der Waals surface area contributed by atoms with Gasteiger partial charge in [-0.2, -0.15) is 0 Å². The van der Waals surface area contributed by atoms with Crippen LogP contribution in [0.25, 0.3) is 20.2 Å². The fourth-order valence-corrected chi connectivity index (χ4v) is 3.57. The summed E-state index contributed by atoms with van der Waals surface area (Å²) in [6.45, 7) is 4.10. The molecule has 0 spiro atoms. The van der Waals surface area contributed by atoms with Crippen LogP contribution in [0.4, 0.5) is 0 Å². The average Bonchev–Trinajstić information content (AvgIpc) is 2.73. The zero-order valence-corrected chi connectivity index (χ0v) is 11.7. The third-order valence-corrected chi connectivity index (χ3v) is 4.56. The van der Waals surface area contributed by atoms with Gasteiger partial charge in [0.05, 0.1) is 0 Å². The molecule has 0 aliphatic heterocycles. The third kappa shape index (κ3) is 1.65. The van der Waals surface area contributed by atoms with Crippen LogP contribution in [-0.2, 0) is 5.41 Å². The van der Waals surface area contributed by atoms with Crippen LogP contribution in [0.5, 0.6) is 0 Å². The van der Waals surface area contributed by atoms with E-state index >= 15 is 0 Å². The standard InChI is InChI=1S/C17H18S/c1-11-14(17(2,3)4)10-9-13-12-7-5-6-8-15(12)18-16(11)13/h5-10H,1-4H3/i1D3. The first kappa shape index (κ1) is 8.71. The molecule has 0 fully saturated rings. The summed E-state index contributed by atoms with van der Waals surface area (Å²) < 4.78 is 26.0. The summed E-state index contributed by atoms with van der Waals surface area (Å²) >= 11 is 1.59. The van der Waals surface area contributed by atoms with Gasteiger partial charge in [0.1, 0.15) is 0 Å². The molecule has 0 atom stereocenters. The Labute approximate surface area is 116 Å². The summed E-state index contributed by atoms with van der Waals surface area (Å²) in [6.07, 6.45) is 0. The van der Waals surface area contributed by atoms with Crippen molar-refractivity contribution in [2.75, 3.05) is 0 Å². The molecule has 0 aliphatic carbocycles. The van der Waals surface area contributed by atoms with Gasteiger partial charge in [-0.3, -0.25) is 0 Å². The average molecular weight is 257 g/mol. The molecule has 0 saturated heterocycles. The first-order chi connectivity index (χ1) is 9.69. The number of hydrogen-bond acceptors (Lipinski definition) is 1. The van der Waals surface area contributed by atoms with Crippen LogP contribution in [0.3, 0.4) is 0 Å². The van der Waals surface area contributed by atoms with Gasteiger partial charge >= 0.3 is 0 Å². The maximum atomic E-state index is 7.99. The minimum Gasteiger partial charge on any atom is -0.135 e. The zero-order valence-electron chi connectivity index (χ0n) is 13.9. The van der Waals surface area contributed by atoms with E-state index in [2.05, 4.69) is 39.0 Å². The molecule has 3 aromatic rings. The molecular weight excluding hydrogens is 236 g/mol. The van der Waals surface area contributed by atoms with Crippen molar-refractivity contribution < 1.29 is 4.11 Å². The third-order valence-electron chi connectivity index (χ3n) is 3.35. The van der Waals surface area contributed by atoms with E-state index in [1.54, 1.807) is 11.3 Å². The van der Waals surface area contributed by atoms with Crippen molar-refractivity contribution >= 4 is 31.5 Å². The summed E-state index contributed by atoms with van der Waals surface area (Å²) in [7, 11) is 0. The monoisotopic (exact) mass is 257 g/mol. The summed E-state index contributed by atoms with van der Waals surface area (Å²) in [5.41, 5.74) is 1.25. The van der Waals surface area contributed by atoms with Crippen molar-refractivity contribution in [1.29, 1.82) is 0 Å². The summed E-state index contributed by atoms with van der Waals surface area (Å²) in [4.78, 5) is 0. The van der Waals surface area contributed by atoms with E-state index in [1.165, 1.54) is 0 Å². The molecule has 3 rings (SSSR count). The fourth-order valence-electron chi connectivity index (χ4n) is 2.41. The Kier molecular flexibility index (Phi) is 1.85. The molecule has 0 amide bonds. The first-order valence-electron chi connectivity index (χ1n) is 7.65. The van der Waals surface area contributed by atoms with Crippen LogP contribution < -0.4 is 0 Å². The minimum atomic E-state index is -2.09. The Morgan fingerprint density at radius 2 is 1.78 bits per heavy atom. The Morgan fingerprint density at radius 1 is 1.00 bits per heavy atom. The number of rotatable bonds is 0. The summed E-state index contributed by atoms with van der Waals surface area (Å²) in [5, 5.41) is 2.19. The van der Waals surface area contributed by atoms with Crippen LogP contribution in [0.15, 0.2) is 36.4 Å².